The van der Waals surface area contributed by atoms with Crippen LogP contribution in [0.2, 0.25) is 0 Å². The molecule has 4 nitrogen and oxygen atoms in total. The van der Waals surface area contributed by atoms with Crippen LogP contribution in [-0.2, 0) is 6.54 Å². The van der Waals surface area contributed by atoms with Crippen molar-refractivity contribution in [2.24, 2.45) is 0 Å². The lowest BCUT2D eigenvalue weighted by atomic mass is 10.2. The fourth-order valence-electron chi connectivity index (χ4n) is 2.12. The van der Waals surface area contributed by atoms with E-state index < -0.39 is 0 Å². The molecule has 0 aliphatic carbocycles. The highest BCUT2D eigenvalue weighted by atomic mass is 16.5. The van der Waals surface area contributed by atoms with Gasteiger partial charge < -0.3 is 15.0 Å². The topological polar surface area (TPSA) is 37.4 Å². The van der Waals surface area contributed by atoms with Crippen LogP contribution in [0.5, 0.6) is 5.75 Å². The second-order valence-corrected chi connectivity index (χ2v) is 4.94. The molecule has 0 aliphatic rings. The Labute approximate surface area is 126 Å². The van der Waals surface area contributed by atoms with Gasteiger partial charge in [-0.15, -0.1) is 0 Å². The van der Waals surface area contributed by atoms with Crippen LogP contribution in [-0.4, -0.2) is 25.7 Å². The maximum Gasteiger partial charge on any atom is 0.119 e. The van der Waals surface area contributed by atoms with Gasteiger partial charge in [-0.2, -0.15) is 0 Å². The molecule has 1 heterocycles. The van der Waals surface area contributed by atoms with E-state index in [-0.39, 0.29) is 0 Å². The van der Waals surface area contributed by atoms with Crippen LogP contribution < -0.4 is 15.0 Å². The molecule has 0 fully saturated rings. The smallest absolute Gasteiger partial charge is 0.119 e. The molecule has 0 saturated carbocycles. The maximum atomic E-state index is 5.19. The minimum absolute atomic E-state index is 0.804. The third-order valence-corrected chi connectivity index (χ3v) is 3.38. The lowest BCUT2D eigenvalue weighted by Crippen LogP contribution is -2.16. The molecule has 0 aliphatic heterocycles. The standard InChI is InChI=1S/C17H23N3O/c1-4-10-18-13-14-12-16(9-11-19-14)20(2)15-5-7-17(21-3)8-6-15/h5-9,11-12,18H,4,10,13H2,1-3H3. The van der Waals surface area contributed by atoms with Crippen molar-refractivity contribution in [2.45, 2.75) is 19.9 Å². The van der Waals surface area contributed by atoms with Gasteiger partial charge in [-0.3, -0.25) is 4.98 Å². The zero-order valence-corrected chi connectivity index (χ0v) is 13.0. The van der Waals surface area contributed by atoms with Crippen molar-refractivity contribution in [3.63, 3.8) is 0 Å². The summed E-state index contributed by atoms with van der Waals surface area (Å²) < 4.78 is 5.19. The molecular formula is C17H23N3O. The third kappa shape index (κ3) is 4.20. The molecule has 1 aromatic heterocycles. The molecule has 0 bridgehead atoms. The van der Waals surface area contributed by atoms with Crippen molar-refractivity contribution in [3.05, 3.63) is 48.3 Å². The Morgan fingerprint density at radius 2 is 1.90 bits per heavy atom. The van der Waals surface area contributed by atoms with E-state index in [1.807, 2.05) is 36.5 Å². The van der Waals surface area contributed by atoms with E-state index in [0.29, 0.717) is 0 Å². The first-order valence-corrected chi connectivity index (χ1v) is 7.28. The molecule has 2 aromatic rings. The molecule has 2 rings (SSSR count). The Morgan fingerprint density at radius 3 is 2.57 bits per heavy atom. The summed E-state index contributed by atoms with van der Waals surface area (Å²) in [7, 11) is 3.73. The van der Waals surface area contributed by atoms with Gasteiger partial charge in [0, 0.05) is 31.2 Å². The summed E-state index contributed by atoms with van der Waals surface area (Å²) in [4.78, 5) is 6.55. The van der Waals surface area contributed by atoms with E-state index in [1.54, 1.807) is 7.11 Å². The second-order valence-electron chi connectivity index (χ2n) is 4.94. The molecule has 21 heavy (non-hydrogen) atoms. The van der Waals surface area contributed by atoms with Gasteiger partial charge in [0.2, 0.25) is 0 Å². The Kier molecular flexibility index (Phi) is 5.58. The lowest BCUT2D eigenvalue weighted by molar-refractivity contribution is 0.415. The van der Waals surface area contributed by atoms with Gasteiger partial charge in [-0.1, -0.05) is 6.92 Å². The number of rotatable bonds is 7. The molecule has 0 radical (unpaired) electrons. The highest BCUT2D eigenvalue weighted by molar-refractivity contribution is 5.63. The van der Waals surface area contributed by atoms with Crippen LogP contribution in [0, 0.1) is 0 Å². The van der Waals surface area contributed by atoms with E-state index >= 15 is 0 Å². The van der Waals surface area contributed by atoms with E-state index in [1.165, 1.54) is 0 Å². The van der Waals surface area contributed by atoms with Crippen LogP contribution in [0.4, 0.5) is 11.4 Å². The minimum Gasteiger partial charge on any atom is -0.497 e. The van der Waals surface area contributed by atoms with Gasteiger partial charge in [-0.05, 0) is 49.4 Å². The average Bonchev–Trinajstić information content (AvgIpc) is 2.55. The summed E-state index contributed by atoms with van der Waals surface area (Å²) >= 11 is 0. The van der Waals surface area contributed by atoms with Crippen LogP contribution in [0.15, 0.2) is 42.6 Å². The molecular weight excluding hydrogens is 262 g/mol. The van der Waals surface area contributed by atoms with E-state index in [4.69, 9.17) is 4.74 Å². The molecule has 4 heteroatoms. The number of nitrogens with zero attached hydrogens (tertiary/aromatic N) is 2. The van der Waals surface area contributed by atoms with E-state index in [0.717, 1.165) is 42.3 Å². The molecule has 1 aromatic carbocycles. The van der Waals surface area contributed by atoms with E-state index in [9.17, 15) is 0 Å². The predicted octanol–water partition coefficient (Wildman–Crippen LogP) is 3.36. The van der Waals surface area contributed by atoms with Gasteiger partial charge >= 0.3 is 0 Å². The van der Waals surface area contributed by atoms with Gasteiger partial charge in [0.05, 0.1) is 12.8 Å². The maximum absolute atomic E-state index is 5.19. The molecule has 1 N–H and O–H groups in total. The Hall–Kier alpha value is -2.07. The summed E-state index contributed by atoms with van der Waals surface area (Å²) in [6, 6.07) is 12.2. The van der Waals surface area contributed by atoms with Crippen molar-refractivity contribution >= 4 is 11.4 Å². The van der Waals surface area contributed by atoms with Crippen molar-refractivity contribution < 1.29 is 4.74 Å². The monoisotopic (exact) mass is 285 g/mol. The van der Waals surface area contributed by atoms with Gasteiger partial charge in [0.15, 0.2) is 0 Å². The molecule has 0 saturated heterocycles. The fourth-order valence-corrected chi connectivity index (χ4v) is 2.12. The first kappa shape index (κ1) is 15.3. The number of pyridine rings is 1. The number of aromatic nitrogens is 1. The van der Waals surface area contributed by atoms with Crippen LogP contribution >= 0.6 is 0 Å². The Morgan fingerprint density at radius 1 is 1.14 bits per heavy atom. The molecule has 0 unspecified atom stereocenters. The zero-order valence-electron chi connectivity index (χ0n) is 13.0. The van der Waals surface area contributed by atoms with Crippen molar-refractivity contribution in [3.8, 4) is 5.75 Å². The van der Waals surface area contributed by atoms with Crippen molar-refractivity contribution in [1.82, 2.24) is 10.3 Å². The van der Waals surface area contributed by atoms with E-state index in [2.05, 4.69) is 35.2 Å². The fraction of sp³-hybridized carbons (Fsp3) is 0.353. The van der Waals surface area contributed by atoms with Crippen LogP contribution in [0.1, 0.15) is 19.0 Å². The van der Waals surface area contributed by atoms with Crippen LogP contribution in [0.25, 0.3) is 0 Å². The zero-order chi connectivity index (χ0) is 15.1. The largest absolute Gasteiger partial charge is 0.497 e. The highest BCUT2D eigenvalue weighted by Crippen LogP contribution is 2.25. The summed E-state index contributed by atoms with van der Waals surface area (Å²) in [6.07, 6.45) is 2.99. The number of methoxy groups -OCH3 is 1. The number of anilines is 2. The number of benzene rings is 1. The normalized spacial score (nSPS) is 10.4. The van der Waals surface area contributed by atoms with Gasteiger partial charge in [0.25, 0.3) is 0 Å². The van der Waals surface area contributed by atoms with Crippen LogP contribution in [0.3, 0.4) is 0 Å². The van der Waals surface area contributed by atoms with Gasteiger partial charge in [-0.25, -0.2) is 0 Å². The van der Waals surface area contributed by atoms with Crippen molar-refractivity contribution in [1.29, 1.82) is 0 Å². The average molecular weight is 285 g/mol. The lowest BCUT2D eigenvalue weighted by Gasteiger charge is -2.20. The molecule has 0 atom stereocenters. The number of hydrogen-bond donors (Lipinski definition) is 1. The summed E-state index contributed by atoms with van der Waals surface area (Å²) in [5.74, 6) is 0.867. The first-order valence-electron chi connectivity index (χ1n) is 7.28. The quantitative estimate of drug-likeness (QED) is 0.792. The Balaban J connectivity index is 2.10. The summed E-state index contributed by atoms with van der Waals surface area (Å²) in [6.45, 7) is 3.98. The molecule has 0 spiro atoms. The molecule has 112 valence electrons. The minimum atomic E-state index is 0.804. The number of hydrogen-bond acceptors (Lipinski definition) is 4. The highest BCUT2D eigenvalue weighted by Gasteiger charge is 2.05. The summed E-state index contributed by atoms with van der Waals surface area (Å²) in [5, 5.41) is 3.37. The predicted molar refractivity (Wildman–Crippen MR) is 87.3 cm³/mol. The molecule has 0 amide bonds. The Bertz CT molecular complexity index is 554. The van der Waals surface area contributed by atoms with Gasteiger partial charge in [0.1, 0.15) is 5.75 Å². The second kappa shape index (κ2) is 7.64. The van der Waals surface area contributed by atoms with Crippen molar-refractivity contribution in [2.75, 3.05) is 25.6 Å². The third-order valence-electron chi connectivity index (χ3n) is 3.38. The SMILES string of the molecule is CCCNCc1cc(N(C)c2ccc(OC)cc2)ccn1. The number of nitrogens with one attached hydrogen (secondary N) is 1. The first-order chi connectivity index (χ1) is 10.2. The summed E-state index contributed by atoms with van der Waals surface area (Å²) in [5.41, 5.74) is 3.30. The number of ether oxygens (including phenoxy) is 1.